The molecule has 1 N–H and O–H groups in total. The van der Waals surface area contributed by atoms with Crippen molar-refractivity contribution < 1.29 is 4.39 Å². The average molecular weight is 345 g/mol. The molecule has 6 heteroatoms. The summed E-state index contributed by atoms with van der Waals surface area (Å²) in [5.41, 5.74) is 1.03. The van der Waals surface area contributed by atoms with Gasteiger partial charge in [0.2, 0.25) is 0 Å². The Morgan fingerprint density at radius 1 is 1.37 bits per heavy atom. The summed E-state index contributed by atoms with van der Waals surface area (Å²) in [6.45, 7) is 4.08. The number of rotatable bonds is 3. The Labute approximate surface area is 124 Å². The molecule has 0 aliphatic heterocycles. The Morgan fingerprint density at radius 3 is 2.79 bits per heavy atom. The molecule has 1 aromatic heterocycles. The van der Waals surface area contributed by atoms with Gasteiger partial charge in [-0.1, -0.05) is 27.5 Å². The van der Waals surface area contributed by atoms with Crippen LogP contribution >= 0.6 is 27.5 Å². The highest BCUT2D eigenvalue weighted by molar-refractivity contribution is 9.10. The van der Waals surface area contributed by atoms with Crippen LogP contribution in [-0.2, 0) is 0 Å². The molecule has 0 radical (unpaired) electrons. The van der Waals surface area contributed by atoms with Gasteiger partial charge in [-0.05, 0) is 32.0 Å². The predicted molar refractivity (Wildman–Crippen MR) is 79.0 cm³/mol. The van der Waals surface area contributed by atoms with Crippen molar-refractivity contribution >= 4 is 33.3 Å². The number of hydrogen-bond donors (Lipinski definition) is 1. The van der Waals surface area contributed by atoms with Crippen molar-refractivity contribution in [1.29, 1.82) is 0 Å². The molecule has 100 valence electrons. The molecule has 0 spiro atoms. The molecule has 2 rings (SSSR count). The topological polar surface area (TPSA) is 37.8 Å². The van der Waals surface area contributed by atoms with Crippen LogP contribution in [-0.4, -0.2) is 16.5 Å². The van der Waals surface area contributed by atoms with Crippen molar-refractivity contribution in [3.8, 4) is 11.4 Å². The molecule has 0 aliphatic carbocycles. The maximum atomic E-state index is 13.8. The molecular weight excluding hydrogens is 333 g/mol. The molecule has 0 saturated carbocycles. The normalized spacial score (nSPS) is 10.6. The van der Waals surface area contributed by atoms with Crippen molar-refractivity contribution in [2.75, 3.05) is 11.9 Å². The fourth-order valence-electron chi connectivity index (χ4n) is 1.63. The zero-order chi connectivity index (χ0) is 14.0. The minimum atomic E-state index is -0.427. The summed E-state index contributed by atoms with van der Waals surface area (Å²) in [6.07, 6.45) is 0. The third kappa shape index (κ3) is 3.04. The van der Waals surface area contributed by atoms with Gasteiger partial charge >= 0.3 is 0 Å². The third-order valence-corrected chi connectivity index (χ3v) is 3.46. The zero-order valence-corrected chi connectivity index (χ0v) is 12.8. The van der Waals surface area contributed by atoms with Crippen LogP contribution in [0.4, 0.5) is 10.2 Å². The van der Waals surface area contributed by atoms with E-state index in [1.54, 1.807) is 19.1 Å². The zero-order valence-electron chi connectivity index (χ0n) is 10.5. The van der Waals surface area contributed by atoms with Gasteiger partial charge in [0.05, 0.1) is 5.69 Å². The van der Waals surface area contributed by atoms with Crippen molar-refractivity contribution in [2.45, 2.75) is 13.8 Å². The van der Waals surface area contributed by atoms with Gasteiger partial charge in [-0.25, -0.2) is 14.4 Å². The molecule has 1 aromatic carbocycles. The molecule has 0 atom stereocenters. The van der Waals surface area contributed by atoms with Gasteiger partial charge in [0.1, 0.15) is 0 Å². The highest BCUT2D eigenvalue weighted by Crippen LogP contribution is 2.30. The van der Waals surface area contributed by atoms with E-state index in [0.29, 0.717) is 23.1 Å². The van der Waals surface area contributed by atoms with E-state index in [4.69, 9.17) is 11.6 Å². The van der Waals surface area contributed by atoms with Gasteiger partial charge < -0.3 is 5.32 Å². The van der Waals surface area contributed by atoms with Crippen LogP contribution in [0.25, 0.3) is 11.4 Å². The fourth-order valence-corrected chi connectivity index (χ4v) is 2.23. The van der Waals surface area contributed by atoms with Crippen molar-refractivity contribution in [3.05, 3.63) is 39.2 Å². The van der Waals surface area contributed by atoms with Crippen molar-refractivity contribution in [1.82, 2.24) is 9.97 Å². The summed E-state index contributed by atoms with van der Waals surface area (Å²) in [5.74, 6) is 0.213. The SMILES string of the molecule is CCNc1nc(-c2cc(Cl)ccc2Br)nc(C)c1F. The van der Waals surface area contributed by atoms with Gasteiger partial charge in [0.25, 0.3) is 0 Å². The molecule has 2 aromatic rings. The largest absolute Gasteiger partial charge is 0.368 e. The highest BCUT2D eigenvalue weighted by atomic mass is 79.9. The summed E-state index contributed by atoms with van der Waals surface area (Å²) in [7, 11) is 0. The summed E-state index contributed by atoms with van der Waals surface area (Å²) in [6, 6.07) is 5.32. The second kappa shape index (κ2) is 5.84. The van der Waals surface area contributed by atoms with E-state index in [1.807, 2.05) is 13.0 Å². The second-order valence-electron chi connectivity index (χ2n) is 3.95. The lowest BCUT2D eigenvalue weighted by Crippen LogP contribution is -2.07. The van der Waals surface area contributed by atoms with Crippen molar-refractivity contribution in [3.63, 3.8) is 0 Å². The van der Waals surface area contributed by atoms with Crippen LogP contribution in [0.15, 0.2) is 22.7 Å². The van der Waals surface area contributed by atoms with Crippen LogP contribution in [0.3, 0.4) is 0 Å². The van der Waals surface area contributed by atoms with Crippen LogP contribution in [0.1, 0.15) is 12.6 Å². The Bertz CT molecular complexity index is 619. The maximum Gasteiger partial charge on any atom is 0.186 e. The van der Waals surface area contributed by atoms with Gasteiger partial charge in [0, 0.05) is 21.6 Å². The summed E-state index contributed by atoms with van der Waals surface area (Å²) < 4.78 is 14.6. The van der Waals surface area contributed by atoms with Crippen LogP contribution in [0, 0.1) is 12.7 Å². The Kier molecular flexibility index (Phi) is 4.37. The lowest BCUT2D eigenvalue weighted by Gasteiger charge is -2.10. The molecule has 19 heavy (non-hydrogen) atoms. The molecule has 1 heterocycles. The molecule has 0 fully saturated rings. The Hall–Kier alpha value is -1.20. The minimum Gasteiger partial charge on any atom is -0.368 e. The Balaban J connectivity index is 2.59. The van der Waals surface area contributed by atoms with Crippen LogP contribution < -0.4 is 5.32 Å². The van der Waals surface area contributed by atoms with E-state index in [2.05, 4.69) is 31.2 Å². The average Bonchev–Trinajstić information content (AvgIpc) is 2.38. The maximum absolute atomic E-state index is 13.8. The first kappa shape index (κ1) is 14.2. The number of benzene rings is 1. The first-order valence-electron chi connectivity index (χ1n) is 5.76. The van der Waals surface area contributed by atoms with Crippen molar-refractivity contribution in [2.24, 2.45) is 0 Å². The van der Waals surface area contributed by atoms with Crippen LogP contribution in [0.5, 0.6) is 0 Å². The monoisotopic (exact) mass is 343 g/mol. The predicted octanol–water partition coefficient (Wildman–Crippen LogP) is 4.44. The summed E-state index contributed by atoms with van der Waals surface area (Å²) >= 11 is 9.39. The lowest BCUT2D eigenvalue weighted by atomic mass is 10.2. The molecule has 0 bridgehead atoms. The number of hydrogen-bond acceptors (Lipinski definition) is 3. The summed E-state index contributed by atoms with van der Waals surface area (Å²) in [4.78, 5) is 8.38. The molecule has 0 saturated heterocycles. The third-order valence-electron chi connectivity index (χ3n) is 2.53. The molecule has 0 aliphatic rings. The highest BCUT2D eigenvalue weighted by Gasteiger charge is 2.14. The summed E-state index contributed by atoms with van der Waals surface area (Å²) in [5, 5.41) is 3.46. The second-order valence-corrected chi connectivity index (χ2v) is 5.24. The standard InChI is InChI=1S/C13H12BrClFN3/c1-3-17-13-11(16)7(2)18-12(19-13)9-6-8(15)4-5-10(9)14/h4-6H,3H2,1-2H3,(H,17,18,19). The van der Waals surface area contributed by atoms with Crippen LogP contribution in [0.2, 0.25) is 5.02 Å². The van der Waals surface area contributed by atoms with E-state index in [-0.39, 0.29) is 5.82 Å². The van der Waals surface area contributed by atoms with E-state index >= 15 is 0 Å². The smallest absolute Gasteiger partial charge is 0.186 e. The number of anilines is 1. The molecule has 0 amide bonds. The van der Waals surface area contributed by atoms with E-state index in [1.165, 1.54) is 0 Å². The van der Waals surface area contributed by atoms with Gasteiger partial charge in [0.15, 0.2) is 17.5 Å². The number of halogens is 3. The molecule has 3 nitrogen and oxygen atoms in total. The Morgan fingerprint density at radius 2 is 2.11 bits per heavy atom. The number of nitrogens with zero attached hydrogens (tertiary/aromatic N) is 2. The van der Waals surface area contributed by atoms with E-state index in [9.17, 15) is 4.39 Å². The number of aromatic nitrogens is 2. The fraction of sp³-hybridized carbons (Fsp3) is 0.231. The lowest BCUT2D eigenvalue weighted by molar-refractivity contribution is 0.606. The molecule has 0 unspecified atom stereocenters. The van der Waals surface area contributed by atoms with E-state index < -0.39 is 5.82 Å². The van der Waals surface area contributed by atoms with Gasteiger partial charge in [-0.3, -0.25) is 0 Å². The first-order chi connectivity index (χ1) is 9.02. The van der Waals surface area contributed by atoms with Gasteiger partial charge in [-0.2, -0.15) is 0 Å². The quantitative estimate of drug-likeness (QED) is 0.894. The van der Waals surface area contributed by atoms with E-state index in [0.717, 1.165) is 10.0 Å². The first-order valence-corrected chi connectivity index (χ1v) is 6.93. The minimum absolute atomic E-state index is 0.205. The molecular formula is C13H12BrClFN3. The van der Waals surface area contributed by atoms with Gasteiger partial charge in [-0.15, -0.1) is 0 Å². The number of aryl methyl sites for hydroxylation is 1. The number of nitrogens with one attached hydrogen (secondary N) is 1.